The first kappa shape index (κ1) is 11.5. The summed E-state index contributed by atoms with van der Waals surface area (Å²) in [7, 11) is 1.45. The van der Waals surface area contributed by atoms with Crippen molar-refractivity contribution in [1.29, 1.82) is 0 Å². The van der Waals surface area contributed by atoms with Crippen LogP contribution in [-0.4, -0.2) is 14.7 Å². The highest BCUT2D eigenvalue weighted by Crippen LogP contribution is 2.33. The molecule has 0 aliphatic carbocycles. The Morgan fingerprint density at radius 2 is 1.88 bits per heavy atom. The number of alkyl halides is 3. The number of benzene rings is 1. The van der Waals surface area contributed by atoms with Gasteiger partial charge in [-0.05, 0) is 12.1 Å². The maximum Gasteiger partial charge on any atom is 0.434 e. The zero-order valence-electron chi connectivity index (χ0n) is 8.86. The Balaban J connectivity index is 2.55. The SMILES string of the molecule is Cn1cc(C(F)(F)F)nc1-c1ccccc1O. The molecule has 0 saturated carbocycles. The monoisotopic (exact) mass is 242 g/mol. The van der Waals surface area contributed by atoms with Gasteiger partial charge in [0, 0.05) is 13.2 Å². The fourth-order valence-corrected chi connectivity index (χ4v) is 1.52. The van der Waals surface area contributed by atoms with Crippen LogP contribution in [0.1, 0.15) is 5.69 Å². The minimum absolute atomic E-state index is 0.0791. The van der Waals surface area contributed by atoms with E-state index in [4.69, 9.17) is 0 Å². The van der Waals surface area contributed by atoms with E-state index in [0.717, 1.165) is 6.20 Å². The normalized spacial score (nSPS) is 11.8. The van der Waals surface area contributed by atoms with Crippen LogP contribution >= 0.6 is 0 Å². The summed E-state index contributed by atoms with van der Waals surface area (Å²) in [6, 6.07) is 6.12. The minimum Gasteiger partial charge on any atom is -0.507 e. The third-order valence-corrected chi connectivity index (χ3v) is 2.31. The lowest BCUT2D eigenvalue weighted by Gasteiger charge is -2.03. The van der Waals surface area contributed by atoms with E-state index in [1.54, 1.807) is 12.1 Å². The van der Waals surface area contributed by atoms with Crippen molar-refractivity contribution >= 4 is 0 Å². The molecule has 2 rings (SSSR count). The van der Waals surface area contributed by atoms with E-state index in [1.165, 1.54) is 23.7 Å². The van der Waals surface area contributed by atoms with Crippen LogP contribution in [0.25, 0.3) is 11.4 Å². The van der Waals surface area contributed by atoms with Gasteiger partial charge in [-0.3, -0.25) is 0 Å². The van der Waals surface area contributed by atoms with Gasteiger partial charge in [0.1, 0.15) is 11.6 Å². The Hall–Kier alpha value is -1.98. The summed E-state index contributed by atoms with van der Waals surface area (Å²) in [4.78, 5) is 3.49. The first-order chi connectivity index (χ1) is 7.89. The zero-order chi connectivity index (χ0) is 12.6. The van der Waals surface area contributed by atoms with E-state index in [2.05, 4.69) is 4.98 Å². The lowest BCUT2D eigenvalue weighted by atomic mass is 10.2. The van der Waals surface area contributed by atoms with Crippen molar-refractivity contribution < 1.29 is 18.3 Å². The van der Waals surface area contributed by atoms with Crippen LogP contribution in [0.3, 0.4) is 0 Å². The van der Waals surface area contributed by atoms with Gasteiger partial charge in [0.15, 0.2) is 5.69 Å². The Bertz CT molecular complexity index is 546. The Morgan fingerprint density at radius 3 is 2.41 bits per heavy atom. The number of rotatable bonds is 1. The van der Waals surface area contributed by atoms with Gasteiger partial charge in [-0.15, -0.1) is 0 Å². The third kappa shape index (κ3) is 2.11. The van der Waals surface area contributed by atoms with Crippen molar-refractivity contribution in [2.24, 2.45) is 7.05 Å². The number of aromatic nitrogens is 2. The summed E-state index contributed by atoms with van der Waals surface area (Å²) in [6.07, 6.45) is -3.60. The molecular formula is C11H9F3N2O. The molecule has 17 heavy (non-hydrogen) atoms. The van der Waals surface area contributed by atoms with Crippen LogP contribution in [0.4, 0.5) is 13.2 Å². The number of imidazole rings is 1. The molecule has 1 heterocycles. The molecule has 0 unspecified atom stereocenters. The van der Waals surface area contributed by atoms with Crippen molar-refractivity contribution in [2.45, 2.75) is 6.18 Å². The largest absolute Gasteiger partial charge is 0.507 e. The van der Waals surface area contributed by atoms with Gasteiger partial charge in [0.05, 0.1) is 5.56 Å². The van der Waals surface area contributed by atoms with Gasteiger partial charge >= 0.3 is 6.18 Å². The molecule has 1 aromatic heterocycles. The smallest absolute Gasteiger partial charge is 0.434 e. The summed E-state index contributed by atoms with van der Waals surface area (Å²) in [6.45, 7) is 0. The maximum absolute atomic E-state index is 12.5. The highest BCUT2D eigenvalue weighted by atomic mass is 19.4. The number of nitrogens with zero attached hydrogens (tertiary/aromatic N) is 2. The predicted octanol–water partition coefficient (Wildman–Crippen LogP) is 2.81. The van der Waals surface area contributed by atoms with Crippen molar-refractivity contribution in [3.05, 3.63) is 36.2 Å². The Kier molecular flexibility index (Phi) is 2.57. The molecule has 3 nitrogen and oxygen atoms in total. The first-order valence-electron chi connectivity index (χ1n) is 4.78. The van der Waals surface area contributed by atoms with E-state index in [9.17, 15) is 18.3 Å². The number of para-hydroxylation sites is 1. The van der Waals surface area contributed by atoms with Gasteiger partial charge in [0.2, 0.25) is 0 Å². The van der Waals surface area contributed by atoms with Gasteiger partial charge in [0.25, 0.3) is 0 Å². The lowest BCUT2D eigenvalue weighted by molar-refractivity contribution is -0.140. The summed E-state index contributed by atoms with van der Waals surface area (Å²) in [5, 5.41) is 9.57. The highest BCUT2D eigenvalue weighted by Gasteiger charge is 2.34. The van der Waals surface area contributed by atoms with Crippen LogP contribution in [0.2, 0.25) is 0 Å². The summed E-state index contributed by atoms with van der Waals surface area (Å²) in [5.41, 5.74) is -0.705. The van der Waals surface area contributed by atoms with E-state index in [0.29, 0.717) is 0 Å². The van der Waals surface area contributed by atoms with E-state index < -0.39 is 11.9 Å². The topological polar surface area (TPSA) is 38.0 Å². The molecule has 0 aliphatic rings. The molecule has 2 aromatic rings. The van der Waals surface area contributed by atoms with Crippen LogP contribution in [0.15, 0.2) is 30.5 Å². The molecule has 0 atom stereocenters. The summed E-state index contributed by atoms with van der Waals surface area (Å²) < 4.78 is 38.6. The second-order valence-corrected chi connectivity index (χ2v) is 3.58. The third-order valence-electron chi connectivity index (χ3n) is 2.31. The molecule has 1 aromatic carbocycles. The summed E-state index contributed by atoms with van der Waals surface area (Å²) in [5.74, 6) is -0.0228. The fourth-order valence-electron chi connectivity index (χ4n) is 1.52. The number of aromatic hydroxyl groups is 1. The van der Waals surface area contributed by atoms with Crippen molar-refractivity contribution in [3.8, 4) is 17.1 Å². The molecule has 90 valence electrons. The molecule has 6 heteroatoms. The van der Waals surface area contributed by atoms with Crippen molar-refractivity contribution in [1.82, 2.24) is 9.55 Å². The second-order valence-electron chi connectivity index (χ2n) is 3.58. The fraction of sp³-hybridized carbons (Fsp3) is 0.182. The molecule has 1 N–H and O–H groups in total. The molecule has 0 spiro atoms. The molecule has 0 saturated heterocycles. The molecule has 0 radical (unpaired) electrons. The number of halogens is 3. The minimum atomic E-state index is -4.49. The van der Waals surface area contributed by atoms with Gasteiger partial charge < -0.3 is 9.67 Å². The predicted molar refractivity (Wildman–Crippen MR) is 55.3 cm³/mol. The standard InChI is InChI=1S/C11H9F3N2O/c1-16-6-9(11(12,13)14)15-10(16)7-4-2-3-5-8(7)17/h2-6,17H,1H3. The Morgan fingerprint density at radius 1 is 1.24 bits per heavy atom. The lowest BCUT2D eigenvalue weighted by Crippen LogP contribution is -2.04. The number of hydrogen-bond donors (Lipinski definition) is 1. The average molecular weight is 242 g/mol. The number of aryl methyl sites for hydroxylation is 1. The van der Waals surface area contributed by atoms with Crippen LogP contribution in [0.5, 0.6) is 5.75 Å². The Labute approximate surface area is 95.1 Å². The molecule has 0 fully saturated rings. The highest BCUT2D eigenvalue weighted by molar-refractivity contribution is 5.64. The van der Waals surface area contributed by atoms with Crippen LogP contribution in [-0.2, 0) is 13.2 Å². The quantitative estimate of drug-likeness (QED) is 0.835. The average Bonchev–Trinajstić information content (AvgIpc) is 2.61. The van der Waals surface area contributed by atoms with Crippen LogP contribution in [0, 0.1) is 0 Å². The zero-order valence-corrected chi connectivity index (χ0v) is 8.86. The van der Waals surface area contributed by atoms with Crippen molar-refractivity contribution in [2.75, 3.05) is 0 Å². The van der Waals surface area contributed by atoms with Gasteiger partial charge in [-0.25, -0.2) is 4.98 Å². The molecule has 0 aliphatic heterocycles. The molecule has 0 bridgehead atoms. The van der Waals surface area contributed by atoms with E-state index in [-0.39, 0.29) is 17.1 Å². The number of phenolic OH excluding ortho intramolecular Hbond substituents is 1. The second kappa shape index (κ2) is 3.80. The van der Waals surface area contributed by atoms with E-state index >= 15 is 0 Å². The maximum atomic E-state index is 12.5. The van der Waals surface area contributed by atoms with Crippen molar-refractivity contribution in [3.63, 3.8) is 0 Å². The molecule has 0 amide bonds. The number of phenols is 1. The first-order valence-corrected chi connectivity index (χ1v) is 4.78. The number of hydrogen-bond acceptors (Lipinski definition) is 2. The summed E-state index contributed by atoms with van der Waals surface area (Å²) >= 11 is 0. The van der Waals surface area contributed by atoms with E-state index in [1.807, 2.05) is 0 Å². The van der Waals surface area contributed by atoms with Gasteiger partial charge in [-0.1, -0.05) is 12.1 Å². The molecular weight excluding hydrogens is 233 g/mol. The van der Waals surface area contributed by atoms with Crippen LogP contribution < -0.4 is 0 Å². The van der Waals surface area contributed by atoms with Gasteiger partial charge in [-0.2, -0.15) is 13.2 Å².